The van der Waals surface area contributed by atoms with E-state index < -0.39 is 0 Å². The van der Waals surface area contributed by atoms with Crippen molar-refractivity contribution in [1.29, 1.82) is 0 Å². The van der Waals surface area contributed by atoms with Crippen molar-refractivity contribution in [2.24, 2.45) is 5.92 Å². The van der Waals surface area contributed by atoms with Crippen LogP contribution < -0.4 is 0 Å². The van der Waals surface area contributed by atoms with E-state index in [2.05, 4.69) is 46.9 Å². The molecule has 14 heavy (non-hydrogen) atoms. The van der Waals surface area contributed by atoms with Crippen molar-refractivity contribution in [2.75, 3.05) is 0 Å². The Morgan fingerprint density at radius 1 is 1.43 bits per heavy atom. The summed E-state index contributed by atoms with van der Waals surface area (Å²) in [5.74, 6) is 0.659. The number of aromatic nitrogens is 1. The zero-order valence-electron chi connectivity index (χ0n) is 8.25. The molecular formula is C11H12BrNO. The van der Waals surface area contributed by atoms with Gasteiger partial charge in [0, 0.05) is 0 Å². The largest absolute Gasteiger partial charge is 0.442 e. The first-order valence-corrected chi connectivity index (χ1v) is 5.47. The molecule has 2 rings (SSSR count). The van der Waals surface area contributed by atoms with Crippen molar-refractivity contribution in [1.82, 2.24) is 4.98 Å². The zero-order chi connectivity index (χ0) is 10.1. The fourth-order valence-electron chi connectivity index (χ4n) is 1.57. The molecule has 0 saturated heterocycles. The number of oxazole rings is 1. The first kappa shape index (κ1) is 9.71. The van der Waals surface area contributed by atoms with Crippen LogP contribution in [0.4, 0.5) is 0 Å². The van der Waals surface area contributed by atoms with Crippen LogP contribution in [0.1, 0.15) is 19.4 Å². The number of hydrogen-bond acceptors (Lipinski definition) is 2. The van der Waals surface area contributed by atoms with E-state index in [0.717, 1.165) is 22.0 Å². The zero-order valence-corrected chi connectivity index (χ0v) is 9.84. The van der Waals surface area contributed by atoms with Gasteiger partial charge in [-0.1, -0.05) is 13.8 Å². The summed E-state index contributed by atoms with van der Waals surface area (Å²) in [6.07, 6.45) is 2.55. The number of rotatable bonds is 2. The lowest BCUT2D eigenvalue weighted by atomic mass is 10.0. The Morgan fingerprint density at radius 2 is 2.21 bits per heavy atom. The fourth-order valence-corrected chi connectivity index (χ4v) is 2.16. The standard InChI is InChI=1S/C11H12BrNO/c1-7(2)3-8-4-9(12)11-10(5-8)13-6-14-11/h4-7H,3H2,1-2H3. The average Bonchev–Trinajstić information content (AvgIpc) is 2.50. The third kappa shape index (κ3) is 1.82. The van der Waals surface area contributed by atoms with Gasteiger partial charge in [-0.25, -0.2) is 4.98 Å². The Balaban J connectivity index is 2.47. The van der Waals surface area contributed by atoms with Crippen LogP contribution in [0.2, 0.25) is 0 Å². The van der Waals surface area contributed by atoms with Crippen LogP contribution in [-0.2, 0) is 6.42 Å². The lowest BCUT2D eigenvalue weighted by Gasteiger charge is -2.04. The smallest absolute Gasteiger partial charge is 0.182 e. The third-order valence-corrected chi connectivity index (χ3v) is 2.68. The maximum Gasteiger partial charge on any atom is 0.182 e. The minimum Gasteiger partial charge on any atom is -0.442 e. The molecule has 0 aliphatic rings. The summed E-state index contributed by atoms with van der Waals surface area (Å²) in [4.78, 5) is 4.15. The van der Waals surface area contributed by atoms with Crippen molar-refractivity contribution in [3.63, 3.8) is 0 Å². The van der Waals surface area contributed by atoms with Gasteiger partial charge in [0.05, 0.1) is 4.47 Å². The Bertz CT molecular complexity index is 447. The van der Waals surface area contributed by atoms with Crippen molar-refractivity contribution in [2.45, 2.75) is 20.3 Å². The monoisotopic (exact) mass is 253 g/mol. The van der Waals surface area contributed by atoms with Gasteiger partial charge in [0.1, 0.15) is 5.52 Å². The van der Waals surface area contributed by atoms with E-state index in [9.17, 15) is 0 Å². The molecule has 0 unspecified atom stereocenters. The summed E-state index contributed by atoms with van der Waals surface area (Å²) in [6, 6.07) is 4.19. The van der Waals surface area contributed by atoms with E-state index >= 15 is 0 Å². The van der Waals surface area contributed by atoms with E-state index in [4.69, 9.17) is 4.42 Å². The molecule has 1 heterocycles. The molecule has 0 radical (unpaired) electrons. The first-order chi connectivity index (χ1) is 6.66. The molecule has 74 valence electrons. The highest BCUT2D eigenvalue weighted by molar-refractivity contribution is 9.10. The van der Waals surface area contributed by atoms with Crippen molar-refractivity contribution in [3.05, 3.63) is 28.6 Å². The fraction of sp³-hybridized carbons (Fsp3) is 0.364. The van der Waals surface area contributed by atoms with Gasteiger partial charge in [0.2, 0.25) is 0 Å². The number of nitrogens with zero attached hydrogens (tertiary/aromatic N) is 1. The van der Waals surface area contributed by atoms with Gasteiger partial charge in [-0.05, 0) is 46.0 Å². The second-order valence-electron chi connectivity index (χ2n) is 3.88. The van der Waals surface area contributed by atoms with E-state index in [1.54, 1.807) is 0 Å². The SMILES string of the molecule is CC(C)Cc1cc(Br)c2ocnc2c1. The molecule has 0 fully saturated rings. The Kier molecular flexibility index (Phi) is 2.59. The molecule has 1 aromatic heterocycles. The van der Waals surface area contributed by atoms with Crippen LogP contribution in [-0.4, -0.2) is 4.98 Å². The first-order valence-electron chi connectivity index (χ1n) is 4.68. The van der Waals surface area contributed by atoms with Crippen LogP contribution in [0.15, 0.2) is 27.4 Å². The van der Waals surface area contributed by atoms with Crippen molar-refractivity contribution >= 4 is 27.0 Å². The summed E-state index contributed by atoms with van der Waals surface area (Å²) in [5.41, 5.74) is 3.06. The molecule has 0 N–H and O–H groups in total. The summed E-state index contributed by atoms with van der Waals surface area (Å²) in [7, 11) is 0. The molecule has 0 spiro atoms. The Morgan fingerprint density at radius 3 is 2.93 bits per heavy atom. The number of halogens is 1. The van der Waals surface area contributed by atoms with Crippen LogP contribution >= 0.6 is 15.9 Å². The van der Waals surface area contributed by atoms with Gasteiger partial charge in [-0.15, -0.1) is 0 Å². The van der Waals surface area contributed by atoms with Crippen molar-refractivity contribution < 1.29 is 4.42 Å². The topological polar surface area (TPSA) is 26.0 Å². The Labute approximate surface area is 91.5 Å². The molecule has 0 saturated carbocycles. The normalized spacial score (nSPS) is 11.4. The van der Waals surface area contributed by atoms with Crippen LogP contribution in [0.3, 0.4) is 0 Å². The van der Waals surface area contributed by atoms with E-state index in [0.29, 0.717) is 5.92 Å². The number of benzene rings is 1. The van der Waals surface area contributed by atoms with E-state index in [1.807, 2.05) is 0 Å². The highest BCUT2D eigenvalue weighted by atomic mass is 79.9. The van der Waals surface area contributed by atoms with Crippen molar-refractivity contribution in [3.8, 4) is 0 Å². The highest BCUT2D eigenvalue weighted by Gasteiger charge is 2.06. The predicted octanol–water partition coefficient (Wildman–Crippen LogP) is 3.79. The number of hydrogen-bond donors (Lipinski definition) is 0. The minimum absolute atomic E-state index is 0.659. The summed E-state index contributed by atoms with van der Waals surface area (Å²) >= 11 is 3.48. The van der Waals surface area contributed by atoms with Crippen LogP contribution in [0.5, 0.6) is 0 Å². The van der Waals surface area contributed by atoms with E-state index in [-0.39, 0.29) is 0 Å². The van der Waals surface area contributed by atoms with Crippen LogP contribution in [0.25, 0.3) is 11.1 Å². The minimum atomic E-state index is 0.659. The van der Waals surface area contributed by atoms with Gasteiger partial charge in [-0.2, -0.15) is 0 Å². The molecule has 0 bridgehead atoms. The molecular weight excluding hydrogens is 242 g/mol. The van der Waals surface area contributed by atoms with Crippen LogP contribution in [0, 0.1) is 5.92 Å². The average molecular weight is 254 g/mol. The third-order valence-electron chi connectivity index (χ3n) is 2.09. The Hall–Kier alpha value is -0.830. The molecule has 2 nitrogen and oxygen atoms in total. The molecule has 2 aromatic rings. The van der Waals surface area contributed by atoms with Gasteiger partial charge in [0.25, 0.3) is 0 Å². The predicted molar refractivity (Wildman–Crippen MR) is 60.3 cm³/mol. The molecule has 3 heteroatoms. The lowest BCUT2D eigenvalue weighted by Crippen LogP contribution is -1.93. The second-order valence-corrected chi connectivity index (χ2v) is 4.73. The maximum absolute atomic E-state index is 5.25. The summed E-state index contributed by atoms with van der Waals surface area (Å²) < 4.78 is 6.24. The van der Waals surface area contributed by atoms with Gasteiger partial charge in [0.15, 0.2) is 12.0 Å². The molecule has 0 amide bonds. The molecule has 0 aliphatic heterocycles. The lowest BCUT2D eigenvalue weighted by molar-refractivity contribution is 0.600. The van der Waals surface area contributed by atoms with Gasteiger partial charge in [-0.3, -0.25) is 0 Å². The molecule has 0 atom stereocenters. The second kappa shape index (κ2) is 3.73. The summed E-state index contributed by atoms with van der Waals surface area (Å²) in [5, 5.41) is 0. The van der Waals surface area contributed by atoms with Gasteiger partial charge >= 0.3 is 0 Å². The van der Waals surface area contributed by atoms with Gasteiger partial charge < -0.3 is 4.42 Å². The quantitative estimate of drug-likeness (QED) is 0.814. The summed E-state index contributed by atoms with van der Waals surface area (Å²) in [6.45, 7) is 4.42. The van der Waals surface area contributed by atoms with E-state index in [1.165, 1.54) is 12.0 Å². The number of fused-ring (bicyclic) bond motifs is 1. The molecule has 1 aromatic carbocycles. The highest BCUT2D eigenvalue weighted by Crippen LogP contribution is 2.26. The molecule has 0 aliphatic carbocycles. The maximum atomic E-state index is 5.25.